The van der Waals surface area contributed by atoms with E-state index in [0.717, 1.165) is 6.54 Å². The summed E-state index contributed by atoms with van der Waals surface area (Å²) in [6, 6.07) is 0.0649. The molecular formula is C9H17FN2O. The van der Waals surface area contributed by atoms with Gasteiger partial charge in [0.2, 0.25) is 5.91 Å². The Bertz CT molecular complexity index is 206. The van der Waals surface area contributed by atoms with Gasteiger partial charge in [-0.25, -0.2) is 4.39 Å². The summed E-state index contributed by atoms with van der Waals surface area (Å²) in [6.07, 6.45) is 0.867. The van der Waals surface area contributed by atoms with Crippen LogP contribution in [0.5, 0.6) is 0 Å². The summed E-state index contributed by atoms with van der Waals surface area (Å²) < 4.78 is 13.4. The van der Waals surface area contributed by atoms with E-state index in [1.54, 1.807) is 6.92 Å². The highest BCUT2D eigenvalue weighted by Crippen LogP contribution is 2.26. The molecule has 0 radical (unpaired) electrons. The third-order valence-electron chi connectivity index (χ3n) is 2.57. The molecule has 1 fully saturated rings. The van der Waals surface area contributed by atoms with Crippen molar-refractivity contribution in [3.05, 3.63) is 0 Å². The van der Waals surface area contributed by atoms with E-state index >= 15 is 0 Å². The van der Waals surface area contributed by atoms with Gasteiger partial charge in [0.05, 0.1) is 0 Å². The Balaban J connectivity index is 2.42. The SMILES string of the molecule is CC(CC(N)=O)N1CCC(C)(F)C1. The molecule has 2 unspecified atom stereocenters. The molecule has 0 aromatic rings. The molecular weight excluding hydrogens is 171 g/mol. The number of nitrogens with two attached hydrogens (primary N) is 1. The topological polar surface area (TPSA) is 46.3 Å². The Kier molecular flexibility index (Phi) is 2.91. The number of carbonyl (C=O) groups excluding carboxylic acids is 1. The molecule has 2 N–H and O–H groups in total. The molecule has 1 saturated heterocycles. The summed E-state index contributed by atoms with van der Waals surface area (Å²) in [5.41, 5.74) is 3.98. The Morgan fingerprint density at radius 2 is 2.38 bits per heavy atom. The van der Waals surface area contributed by atoms with E-state index < -0.39 is 5.67 Å². The highest BCUT2D eigenvalue weighted by Gasteiger charge is 2.35. The first kappa shape index (κ1) is 10.4. The minimum Gasteiger partial charge on any atom is -0.370 e. The first-order valence-electron chi connectivity index (χ1n) is 4.62. The lowest BCUT2D eigenvalue weighted by Gasteiger charge is -2.23. The van der Waals surface area contributed by atoms with Crippen LogP contribution >= 0.6 is 0 Å². The zero-order chi connectivity index (χ0) is 10.1. The van der Waals surface area contributed by atoms with Crippen molar-refractivity contribution in [3.63, 3.8) is 0 Å². The number of carbonyl (C=O) groups is 1. The van der Waals surface area contributed by atoms with Crippen LogP contribution in [0.15, 0.2) is 0 Å². The lowest BCUT2D eigenvalue weighted by molar-refractivity contribution is -0.119. The molecule has 1 aliphatic heterocycles. The predicted molar refractivity (Wildman–Crippen MR) is 49.0 cm³/mol. The minimum absolute atomic E-state index is 0.0649. The lowest BCUT2D eigenvalue weighted by atomic mass is 10.1. The zero-order valence-electron chi connectivity index (χ0n) is 8.22. The molecule has 0 spiro atoms. The fourth-order valence-corrected chi connectivity index (χ4v) is 1.75. The number of likely N-dealkylation sites (tertiary alicyclic amines) is 1. The van der Waals surface area contributed by atoms with E-state index in [2.05, 4.69) is 0 Å². The maximum absolute atomic E-state index is 13.4. The van der Waals surface area contributed by atoms with Gasteiger partial charge in [-0.2, -0.15) is 0 Å². The standard InChI is InChI=1S/C9H17FN2O/c1-7(5-8(11)13)12-4-3-9(2,10)6-12/h7H,3-6H2,1-2H3,(H2,11,13). The van der Waals surface area contributed by atoms with Gasteiger partial charge < -0.3 is 5.73 Å². The summed E-state index contributed by atoms with van der Waals surface area (Å²) in [5.74, 6) is -0.319. The van der Waals surface area contributed by atoms with Crippen molar-refractivity contribution in [2.24, 2.45) is 5.73 Å². The summed E-state index contributed by atoms with van der Waals surface area (Å²) in [5, 5.41) is 0. The quantitative estimate of drug-likeness (QED) is 0.708. The van der Waals surface area contributed by atoms with E-state index in [9.17, 15) is 9.18 Å². The van der Waals surface area contributed by atoms with Crippen molar-refractivity contribution in [2.75, 3.05) is 13.1 Å². The molecule has 1 heterocycles. The molecule has 0 aromatic heterocycles. The zero-order valence-corrected chi connectivity index (χ0v) is 8.22. The van der Waals surface area contributed by atoms with E-state index in [-0.39, 0.29) is 11.9 Å². The van der Waals surface area contributed by atoms with Crippen molar-refractivity contribution in [2.45, 2.75) is 38.4 Å². The molecule has 0 aromatic carbocycles. The fraction of sp³-hybridized carbons (Fsp3) is 0.889. The molecule has 3 nitrogen and oxygen atoms in total. The van der Waals surface area contributed by atoms with Crippen LogP contribution in [0.25, 0.3) is 0 Å². The fourth-order valence-electron chi connectivity index (χ4n) is 1.75. The average molecular weight is 188 g/mol. The second-order valence-electron chi connectivity index (χ2n) is 4.15. The third kappa shape index (κ3) is 2.95. The average Bonchev–Trinajstić information content (AvgIpc) is 2.28. The molecule has 0 bridgehead atoms. The van der Waals surface area contributed by atoms with Gasteiger partial charge in [0.25, 0.3) is 0 Å². The second kappa shape index (κ2) is 3.62. The normalized spacial score (nSPS) is 31.9. The van der Waals surface area contributed by atoms with Crippen LogP contribution in [-0.2, 0) is 4.79 Å². The van der Waals surface area contributed by atoms with Crippen molar-refractivity contribution in [3.8, 4) is 0 Å². The maximum Gasteiger partial charge on any atom is 0.218 e. The molecule has 1 amide bonds. The molecule has 1 rings (SSSR count). The Morgan fingerprint density at radius 3 is 2.77 bits per heavy atom. The van der Waals surface area contributed by atoms with Crippen LogP contribution in [0.2, 0.25) is 0 Å². The molecule has 1 aliphatic rings. The molecule has 0 saturated carbocycles. The minimum atomic E-state index is -1.09. The van der Waals surface area contributed by atoms with Crippen LogP contribution in [-0.4, -0.2) is 35.6 Å². The van der Waals surface area contributed by atoms with Gasteiger partial charge in [0, 0.05) is 25.6 Å². The largest absolute Gasteiger partial charge is 0.370 e. The molecule has 4 heteroatoms. The molecule has 0 aliphatic carbocycles. The predicted octanol–water partition coefficient (Wildman–Crippen LogP) is 0.684. The van der Waals surface area contributed by atoms with E-state index in [1.165, 1.54) is 0 Å². The molecule has 76 valence electrons. The van der Waals surface area contributed by atoms with Crippen molar-refractivity contribution in [1.29, 1.82) is 0 Å². The van der Waals surface area contributed by atoms with E-state index in [1.807, 2.05) is 11.8 Å². The summed E-state index contributed by atoms with van der Waals surface area (Å²) >= 11 is 0. The van der Waals surface area contributed by atoms with Crippen LogP contribution < -0.4 is 5.73 Å². The first-order chi connectivity index (χ1) is 5.91. The Labute approximate surface area is 78.1 Å². The van der Waals surface area contributed by atoms with Gasteiger partial charge in [0.1, 0.15) is 5.67 Å². The number of hydrogen-bond donors (Lipinski definition) is 1. The smallest absolute Gasteiger partial charge is 0.218 e. The number of halogens is 1. The highest BCUT2D eigenvalue weighted by molar-refractivity contribution is 5.74. The van der Waals surface area contributed by atoms with Gasteiger partial charge in [-0.05, 0) is 20.3 Å². The number of alkyl halides is 1. The van der Waals surface area contributed by atoms with Crippen LogP contribution in [0, 0.1) is 0 Å². The summed E-state index contributed by atoms with van der Waals surface area (Å²) in [4.78, 5) is 12.6. The van der Waals surface area contributed by atoms with Gasteiger partial charge in [0.15, 0.2) is 0 Å². The Morgan fingerprint density at radius 1 is 1.77 bits per heavy atom. The lowest BCUT2D eigenvalue weighted by Crippen LogP contribution is -2.36. The molecule has 13 heavy (non-hydrogen) atoms. The number of rotatable bonds is 3. The maximum atomic E-state index is 13.4. The van der Waals surface area contributed by atoms with Crippen LogP contribution in [0.4, 0.5) is 4.39 Å². The van der Waals surface area contributed by atoms with Gasteiger partial charge in [-0.1, -0.05) is 0 Å². The van der Waals surface area contributed by atoms with E-state index in [0.29, 0.717) is 19.4 Å². The number of primary amides is 1. The summed E-state index contributed by atoms with van der Waals surface area (Å²) in [6.45, 7) is 4.65. The first-order valence-corrected chi connectivity index (χ1v) is 4.62. The third-order valence-corrected chi connectivity index (χ3v) is 2.57. The Hall–Kier alpha value is -0.640. The van der Waals surface area contributed by atoms with Crippen molar-refractivity contribution in [1.82, 2.24) is 4.90 Å². The van der Waals surface area contributed by atoms with Crippen molar-refractivity contribution < 1.29 is 9.18 Å². The monoisotopic (exact) mass is 188 g/mol. The number of hydrogen-bond acceptors (Lipinski definition) is 2. The van der Waals surface area contributed by atoms with Crippen molar-refractivity contribution >= 4 is 5.91 Å². The number of amides is 1. The second-order valence-corrected chi connectivity index (χ2v) is 4.15. The number of nitrogens with zero attached hydrogens (tertiary/aromatic N) is 1. The van der Waals surface area contributed by atoms with Gasteiger partial charge in [-0.3, -0.25) is 9.69 Å². The summed E-state index contributed by atoms with van der Waals surface area (Å²) in [7, 11) is 0. The van der Waals surface area contributed by atoms with Gasteiger partial charge >= 0.3 is 0 Å². The van der Waals surface area contributed by atoms with Crippen LogP contribution in [0.1, 0.15) is 26.7 Å². The van der Waals surface area contributed by atoms with E-state index in [4.69, 9.17) is 5.73 Å². The highest BCUT2D eigenvalue weighted by atomic mass is 19.1. The van der Waals surface area contributed by atoms with Gasteiger partial charge in [-0.15, -0.1) is 0 Å². The van der Waals surface area contributed by atoms with Crippen LogP contribution in [0.3, 0.4) is 0 Å². The molecule has 2 atom stereocenters.